The maximum atomic E-state index is 10.4. The summed E-state index contributed by atoms with van der Waals surface area (Å²) in [5.41, 5.74) is 0. The Hall–Kier alpha value is -1.05. The first-order valence-electron chi connectivity index (χ1n) is 2.81. The van der Waals surface area contributed by atoms with Gasteiger partial charge in [-0.2, -0.15) is 0 Å². The van der Waals surface area contributed by atoms with E-state index in [9.17, 15) is 4.79 Å². The third-order valence-corrected chi connectivity index (χ3v) is 0.868. The lowest BCUT2D eigenvalue weighted by Crippen LogP contribution is -2.00. The number of imidazole rings is 1. The van der Waals surface area contributed by atoms with Gasteiger partial charge in [0.25, 0.3) is 0 Å². The average molecular weight is 191 g/mol. The topological polar surface area (TPSA) is 95.2 Å². The van der Waals surface area contributed by atoms with Crippen LogP contribution in [-0.2, 0) is 11.4 Å². The largest absolute Gasteiger partial charge is 0.750 e. The van der Waals surface area contributed by atoms with E-state index < -0.39 is 11.4 Å². The normalized spacial score (nSPS) is 11.2. The van der Waals surface area contributed by atoms with Gasteiger partial charge in [-0.05, 0) is 0 Å². The van der Waals surface area contributed by atoms with Gasteiger partial charge in [0.05, 0.1) is 11.4 Å². The summed E-state index contributed by atoms with van der Waals surface area (Å²) in [6.45, 7) is 1.49. The van der Waals surface area contributed by atoms with Crippen LogP contribution in [0.25, 0.3) is 0 Å². The minimum Gasteiger partial charge on any atom is -0.750 e. The van der Waals surface area contributed by atoms with Gasteiger partial charge in [-0.25, -0.2) is 9.19 Å². The molecule has 0 spiro atoms. The summed E-state index contributed by atoms with van der Waals surface area (Å²) in [7, 11) is 0. The molecule has 0 bridgehead atoms. The van der Waals surface area contributed by atoms with Crippen LogP contribution in [0.3, 0.4) is 0 Å². The summed E-state index contributed by atoms with van der Waals surface area (Å²) >= 11 is -2.86. The van der Waals surface area contributed by atoms with Gasteiger partial charge >= 0.3 is 0 Å². The van der Waals surface area contributed by atoms with Crippen LogP contribution in [0.2, 0.25) is 0 Å². The first-order valence-corrected chi connectivity index (χ1v) is 3.84. The zero-order valence-corrected chi connectivity index (χ0v) is 7.02. The number of rotatable bonds is 0. The van der Waals surface area contributed by atoms with Crippen LogP contribution in [0.5, 0.6) is 0 Å². The Morgan fingerprint density at radius 3 is 2.42 bits per heavy atom. The molecule has 7 heteroatoms. The Bertz CT molecular complexity index is 254. The highest BCUT2D eigenvalue weighted by Gasteiger charge is 1.90. The van der Waals surface area contributed by atoms with E-state index in [0.717, 1.165) is 0 Å². The number of hydrogen-bond donors (Lipinski definition) is 1. The summed E-state index contributed by atoms with van der Waals surface area (Å²) in [6, 6.07) is 0. The highest BCUT2D eigenvalue weighted by molar-refractivity contribution is 7.73. The van der Waals surface area contributed by atoms with Crippen molar-refractivity contribution >= 4 is 17.3 Å². The molecule has 1 N–H and O–H groups in total. The number of carbonyl (C=O) groups excluding carboxylic acids is 1. The molecule has 0 aromatic carbocycles. The molecule has 0 saturated heterocycles. The van der Waals surface area contributed by atoms with E-state index in [2.05, 4.69) is 4.98 Å². The van der Waals surface area contributed by atoms with Gasteiger partial charge in [-0.1, -0.05) is 0 Å². The van der Waals surface area contributed by atoms with Gasteiger partial charge in [-0.3, -0.25) is 9.36 Å². The van der Waals surface area contributed by atoms with Crippen molar-refractivity contribution in [3.8, 4) is 0 Å². The molecule has 0 aliphatic rings. The maximum Gasteiger partial charge on any atom is 0.228 e. The summed E-state index contributed by atoms with van der Waals surface area (Å²) in [5.74, 6) is -0.0116. The first-order chi connectivity index (χ1) is 5.54. The molecule has 1 atom stereocenters. The quantitative estimate of drug-likeness (QED) is 0.577. The summed E-state index contributed by atoms with van der Waals surface area (Å²) < 4.78 is 25.5. The Labute approximate surface area is 71.3 Å². The molecular weight excluding hydrogens is 184 g/mol. The van der Waals surface area contributed by atoms with E-state index in [1.807, 2.05) is 0 Å². The van der Waals surface area contributed by atoms with E-state index in [-0.39, 0.29) is 5.91 Å². The molecule has 0 fully saturated rings. The first kappa shape index (κ1) is 11.0. The molecule has 12 heavy (non-hydrogen) atoms. The van der Waals surface area contributed by atoms with E-state index in [1.54, 1.807) is 12.4 Å². The molecule has 0 radical (unpaired) electrons. The van der Waals surface area contributed by atoms with Crippen LogP contribution in [0.1, 0.15) is 11.7 Å². The molecule has 1 heterocycles. The maximum absolute atomic E-state index is 10.4. The monoisotopic (exact) mass is 191 g/mol. The third kappa shape index (κ3) is 5.71. The van der Waals surface area contributed by atoms with Crippen LogP contribution in [0, 0.1) is 0 Å². The Balaban J connectivity index is 0.000000261. The van der Waals surface area contributed by atoms with E-state index in [0.29, 0.717) is 0 Å². The number of aromatic nitrogens is 2. The average Bonchev–Trinajstić information content (AvgIpc) is 2.34. The van der Waals surface area contributed by atoms with Gasteiger partial charge in [0.1, 0.15) is 6.33 Å². The molecule has 1 aromatic rings. The van der Waals surface area contributed by atoms with Gasteiger partial charge in [0.2, 0.25) is 5.91 Å². The number of hydrogen-bond acceptors (Lipinski definition) is 4. The SMILES string of the molecule is CC(=O)n1ccnc1.O=S([O-])O. The van der Waals surface area contributed by atoms with E-state index >= 15 is 0 Å². The molecule has 68 valence electrons. The number of carbonyl (C=O) groups is 1. The van der Waals surface area contributed by atoms with Crippen molar-refractivity contribution in [1.82, 2.24) is 9.55 Å². The van der Waals surface area contributed by atoms with Crippen molar-refractivity contribution in [2.75, 3.05) is 0 Å². The van der Waals surface area contributed by atoms with Crippen LogP contribution in [0.4, 0.5) is 0 Å². The van der Waals surface area contributed by atoms with Gasteiger partial charge in [-0.15, -0.1) is 0 Å². The Morgan fingerprint density at radius 2 is 2.25 bits per heavy atom. The lowest BCUT2D eigenvalue weighted by molar-refractivity contribution is 0.0936. The summed E-state index contributed by atoms with van der Waals surface area (Å²) in [4.78, 5) is 14.1. The van der Waals surface area contributed by atoms with Crippen molar-refractivity contribution in [3.63, 3.8) is 0 Å². The molecule has 0 aliphatic carbocycles. The molecule has 0 aliphatic heterocycles. The second-order valence-corrected chi connectivity index (χ2v) is 2.14. The zero-order valence-electron chi connectivity index (χ0n) is 6.21. The summed E-state index contributed by atoms with van der Waals surface area (Å²) in [5, 5.41) is 0. The molecule has 0 saturated carbocycles. The van der Waals surface area contributed by atoms with Crippen molar-refractivity contribution in [2.24, 2.45) is 0 Å². The zero-order chi connectivity index (χ0) is 9.56. The molecular formula is C5H7N2O4S-. The highest BCUT2D eigenvalue weighted by atomic mass is 32.2. The van der Waals surface area contributed by atoms with Crippen LogP contribution >= 0.6 is 0 Å². The van der Waals surface area contributed by atoms with Crippen LogP contribution in [-0.4, -0.2) is 28.8 Å². The lowest BCUT2D eigenvalue weighted by atomic mass is 10.7. The van der Waals surface area contributed by atoms with Crippen LogP contribution < -0.4 is 0 Å². The predicted molar refractivity (Wildman–Crippen MR) is 40.1 cm³/mol. The van der Waals surface area contributed by atoms with E-state index in [1.165, 1.54) is 17.8 Å². The molecule has 1 unspecified atom stereocenters. The molecule has 1 aromatic heterocycles. The van der Waals surface area contributed by atoms with E-state index in [4.69, 9.17) is 13.3 Å². The minimum atomic E-state index is -2.86. The smallest absolute Gasteiger partial charge is 0.228 e. The van der Waals surface area contributed by atoms with Crippen molar-refractivity contribution in [3.05, 3.63) is 18.7 Å². The highest BCUT2D eigenvalue weighted by Crippen LogP contribution is 1.82. The predicted octanol–water partition coefficient (Wildman–Crippen LogP) is -0.118. The molecule has 6 nitrogen and oxygen atoms in total. The summed E-state index contributed by atoms with van der Waals surface area (Å²) in [6.07, 6.45) is 4.66. The second kappa shape index (κ2) is 5.58. The lowest BCUT2D eigenvalue weighted by Gasteiger charge is -1.87. The fourth-order valence-corrected chi connectivity index (χ4v) is 0.445. The fourth-order valence-electron chi connectivity index (χ4n) is 0.445. The van der Waals surface area contributed by atoms with Gasteiger partial charge in [0.15, 0.2) is 0 Å². The number of nitrogens with zero attached hydrogens (tertiary/aromatic N) is 2. The standard InChI is InChI=1S/C5H6N2O.H2O3S/c1-5(8)7-3-2-6-4-7;1-4(2)3/h2-4H,1H3;(H2,1,2,3)/p-1. The van der Waals surface area contributed by atoms with Crippen molar-refractivity contribution < 1.29 is 18.1 Å². The fraction of sp³-hybridized carbons (Fsp3) is 0.200. The van der Waals surface area contributed by atoms with Crippen molar-refractivity contribution in [2.45, 2.75) is 6.92 Å². The third-order valence-electron chi connectivity index (χ3n) is 0.868. The Morgan fingerprint density at radius 1 is 1.75 bits per heavy atom. The molecule has 1 rings (SSSR count). The minimum absolute atomic E-state index is 0.0116. The van der Waals surface area contributed by atoms with Crippen molar-refractivity contribution in [1.29, 1.82) is 0 Å². The van der Waals surface area contributed by atoms with Gasteiger partial charge in [0, 0.05) is 19.3 Å². The van der Waals surface area contributed by atoms with Crippen LogP contribution in [0.15, 0.2) is 18.7 Å². The Kier molecular flexibility index (Phi) is 5.09. The molecule has 0 amide bonds. The van der Waals surface area contributed by atoms with Gasteiger partial charge < -0.3 is 9.11 Å². The second-order valence-electron chi connectivity index (χ2n) is 1.71.